The number of amides is 2. The Labute approximate surface area is 193 Å². The van der Waals surface area contributed by atoms with Crippen molar-refractivity contribution in [3.8, 4) is 0 Å². The number of hydrogen-bond donors (Lipinski definition) is 0. The van der Waals surface area contributed by atoms with Crippen LogP contribution < -0.4 is 0 Å². The summed E-state index contributed by atoms with van der Waals surface area (Å²) in [6, 6.07) is 9.28. The van der Waals surface area contributed by atoms with Crippen LogP contribution in [0.25, 0.3) is 0 Å². The Balaban J connectivity index is 1.65. The zero-order chi connectivity index (χ0) is 22.8. The van der Waals surface area contributed by atoms with Crippen molar-refractivity contribution in [1.29, 1.82) is 0 Å². The monoisotopic (exact) mass is 465 g/mol. The predicted molar refractivity (Wildman–Crippen MR) is 123 cm³/mol. The summed E-state index contributed by atoms with van der Waals surface area (Å²) in [7, 11) is 1.75. The first-order valence-electron chi connectivity index (χ1n) is 10.4. The molecule has 1 aliphatic rings. The summed E-state index contributed by atoms with van der Waals surface area (Å²) in [5, 5.41) is 0.939. The molecule has 2 heterocycles. The summed E-state index contributed by atoms with van der Waals surface area (Å²) in [6.45, 7) is 7.15. The van der Waals surface area contributed by atoms with Crippen molar-refractivity contribution in [2.24, 2.45) is 0 Å². The lowest BCUT2D eigenvalue weighted by atomic mass is 10.0. The van der Waals surface area contributed by atoms with Crippen LogP contribution in [0.2, 0.25) is 10.0 Å². The smallest absolute Gasteiger partial charge is 0.410 e. The standard InChI is InChI=1S/C23H29Cl2N3O3/c1-23(2,3)31-22(30)27-13-10-17(11-14-27)28-12-6-9-19(28)21(29)26(4)15-16-7-5-8-18(24)20(16)25/h5-9,12,17H,10-11,13-15H2,1-4H3. The van der Waals surface area contributed by atoms with E-state index in [1.54, 1.807) is 22.9 Å². The minimum Gasteiger partial charge on any atom is -0.444 e. The van der Waals surface area contributed by atoms with Gasteiger partial charge in [-0.05, 0) is 57.4 Å². The topological polar surface area (TPSA) is 54.8 Å². The van der Waals surface area contributed by atoms with Gasteiger partial charge in [-0.1, -0.05) is 35.3 Å². The van der Waals surface area contributed by atoms with Gasteiger partial charge in [-0.3, -0.25) is 4.79 Å². The van der Waals surface area contributed by atoms with Crippen molar-refractivity contribution < 1.29 is 14.3 Å². The van der Waals surface area contributed by atoms with Gasteiger partial charge in [-0.25, -0.2) is 4.79 Å². The van der Waals surface area contributed by atoms with Gasteiger partial charge in [0.25, 0.3) is 5.91 Å². The van der Waals surface area contributed by atoms with Gasteiger partial charge in [0, 0.05) is 38.9 Å². The second-order valence-electron chi connectivity index (χ2n) is 8.87. The number of benzene rings is 1. The first kappa shape index (κ1) is 23.5. The molecule has 0 aliphatic carbocycles. The predicted octanol–water partition coefficient (Wildman–Crippen LogP) is 5.64. The molecule has 0 atom stereocenters. The number of rotatable bonds is 4. The number of piperidine rings is 1. The fourth-order valence-corrected chi connectivity index (χ4v) is 4.12. The summed E-state index contributed by atoms with van der Waals surface area (Å²) in [5.41, 5.74) is 0.912. The normalized spacial score (nSPS) is 15.1. The molecular weight excluding hydrogens is 437 g/mol. The molecule has 0 saturated carbocycles. The van der Waals surface area contributed by atoms with Crippen LogP contribution >= 0.6 is 23.2 Å². The van der Waals surface area contributed by atoms with E-state index in [1.165, 1.54) is 0 Å². The molecule has 1 aliphatic heterocycles. The van der Waals surface area contributed by atoms with E-state index in [0.29, 0.717) is 35.4 Å². The minimum atomic E-state index is -0.510. The highest BCUT2D eigenvalue weighted by atomic mass is 35.5. The van der Waals surface area contributed by atoms with Gasteiger partial charge in [0.15, 0.2) is 0 Å². The maximum atomic E-state index is 13.1. The van der Waals surface area contributed by atoms with E-state index in [9.17, 15) is 9.59 Å². The Morgan fingerprint density at radius 1 is 1.13 bits per heavy atom. The van der Waals surface area contributed by atoms with E-state index in [1.807, 2.05) is 55.8 Å². The van der Waals surface area contributed by atoms with Gasteiger partial charge in [-0.15, -0.1) is 0 Å². The quantitative estimate of drug-likeness (QED) is 0.586. The third-order valence-electron chi connectivity index (χ3n) is 5.29. The molecule has 6 nitrogen and oxygen atoms in total. The number of hydrogen-bond acceptors (Lipinski definition) is 3. The SMILES string of the molecule is CN(Cc1cccc(Cl)c1Cl)C(=O)c1cccn1C1CCN(C(=O)OC(C)(C)C)CC1. The molecule has 0 unspecified atom stereocenters. The number of nitrogens with zero attached hydrogens (tertiary/aromatic N) is 3. The van der Waals surface area contributed by atoms with Gasteiger partial charge >= 0.3 is 6.09 Å². The molecule has 8 heteroatoms. The average molecular weight is 466 g/mol. The summed E-state index contributed by atoms with van der Waals surface area (Å²) in [6.07, 6.45) is 3.17. The van der Waals surface area contributed by atoms with E-state index in [2.05, 4.69) is 0 Å². The summed E-state index contributed by atoms with van der Waals surface area (Å²) in [5.74, 6) is -0.0874. The maximum absolute atomic E-state index is 13.1. The van der Waals surface area contributed by atoms with Crippen molar-refractivity contribution in [3.05, 3.63) is 57.8 Å². The van der Waals surface area contributed by atoms with Crippen LogP contribution in [0, 0.1) is 0 Å². The molecule has 0 spiro atoms. The molecule has 1 aromatic carbocycles. The van der Waals surface area contributed by atoms with Crippen molar-refractivity contribution in [2.45, 2.75) is 51.8 Å². The van der Waals surface area contributed by atoms with Crippen LogP contribution in [0.15, 0.2) is 36.5 Å². The molecule has 168 valence electrons. The van der Waals surface area contributed by atoms with Gasteiger partial charge in [-0.2, -0.15) is 0 Å². The van der Waals surface area contributed by atoms with Gasteiger partial charge < -0.3 is 19.1 Å². The highest BCUT2D eigenvalue weighted by molar-refractivity contribution is 6.42. The molecule has 0 bridgehead atoms. The van der Waals surface area contributed by atoms with E-state index < -0.39 is 5.60 Å². The summed E-state index contributed by atoms with van der Waals surface area (Å²) in [4.78, 5) is 28.8. The maximum Gasteiger partial charge on any atom is 0.410 e. The third kappa shape index (κ3) is 5.74. The van der Waals surface area contributed by atoms with E-state index >= 15 is 0 Å². The van der Waals surface area contributed by atoms with Gasteiger partial charge in [0.2, 0.25) is 0 Å². The van der Waals surface area contributed by atoms with Crippen LogP contribution in [0.5, 0.6) is 0 Å². The fourth-order valence-electron chi connectivity index (χ4n) is 3.74. The molecule has 31 heavy (non-hydrogen) atoms. The first-order chi connectivity index (χ1) is 14.6. The molecule has 2 amide bonds. The third-order valence-corrected chi connectivity index (χ3v) is 6.15. The van der Waals surface area contributed by atoms with Crippen LogP contribution in [-0.4, -0.2) is 52.1 Å². The Morgan fingerprint density at radius 3 is 2.45 bits per heavy atom. The highest BCUT2D eigenvalue weighted by Gasteiger charge is 2.29. The molecular formula is C23H29Cl2N3O3. The zero-order valence-electron chi connectivity index (χ0n) is 18.4. The lowest BCUT2D eigenvalue weighted by molar-refractivity contribution is 0.0186. The van der Waals surface area contributed by atoms with Crippen molar-refractivity contribution in [2.75, 3.05) is 20.1 Å². The number of aromatic nitrogens is 1. The Bertz CT molecular complexity index is 944. The van der Waals surface area contributed by atoms with Crippen molar-refractivity contribution >= 4 is 35.2 Å². The zero-order valence-corrected chi connectivity index (χ0v) is 19.9. The Hall–Kier alpha value is -2.18. The van der Waals surface area contributed by atoms with Crippen LogP contribution in [0.1, 0.15) is 55.7 Å². The van der Waals surface area contributed by atoms with E-state index in [4.69, 9.17) is 27.9 Å². The average Bonchev–Trinajstić information content (AvgIpc) is 3.19. The first-order valence-corrected chi connectivity index (χ1v) is 11.2. The van der Waals surface area contributed by atoms with Crippen molar-refractivity contribution in [1.82, 2.24) is 14.4 Å². The number of halogens is 2. The van der Waals surface area contributed by atoms with Crippen LogP contribution in [0.4, 0.5) is 4.79 Å². The van der Waals surface area contributed by atoms with Gasteiger partial charge in [0.05, 0.1) is 10.0 Å². The molecule has 1 aromatic heterocycles. The largest absolute Gasteiger partial charge is 0.444 e. The Morgan fingerprint density at radius 2 is 1.81 bits per heavy atom. The lowest BCUT2D eigenvalue weighted by Gasteiger charge is -2.34. The molecule has 0 radical (unpaired) electrons. The molecule has 1 saturated heterocycles. The lowest BCUT2D eigenvalue weighted by Crippen LogP contribution is -2.42. The number of carbonyl (C=O) groups is 2. The van der Waals surface area contributed by atoms with E-state index in [-0.39, 0.29) is 18.0 Å². The summed E-state index contributed by atoms with van der Waals surface area (Å²) < 4.78 is 7.49. The summed E-state index contributed by atoms with van der Waals surface area (Å²) >= 11 is 12.4. The fraction of sp³-hybridized carbons (Fsp3) is 0.478. The number of carbonyl (C=O) groups excluding carboxylic acids is 2. The van der Waals surface area contributed by atoms with E-state index in [0.717, 1.165) is 18.4 Å². The minimum absolute atomic E-state index is 0.0874. The molecule has 0 N–H and O–H groups in total. The number of likely N-dealkylation sites (tertiary alicyclic amines) is 1. The highest BCUT2D eigenvalue weighted by Crippen LogP contribution is 2.28. The van der Waals surface area contributed by atoms with Crippen LogP contribution in [0.3, 0.4) is 0 Å². The van der Waals surface area contributed by atoms with Crippen molar-refractivity contribution in [3.63, 3.8) is 0 Å². The molecule has 2 aromatic rings. The number of ether oxygens (including phenoxy) is 1. The molecule has 3 rings (SSSR count). The second kappa shape index (κ2) is 9.53. The van der Waals surface area contributed by atoms with Gasteiger partial charge in [0.1, 0.15) is 11.3 Å². The molecule has 1 fully saturated rings. The Kier molecular flexibility index (Phi) is 7.22. The van der Waals surface area contributed by atoms with Crippen LogP contribution in [-0.2, 0) is 11.3 Å². The second-order valence-corrected chi connectivity index (χ2v) is 9.66.